The van der Waals surface area contributed by atoms with E-state index in [9.17, 15) is 4.79 Å². The molecule has 0 fully saturated rings. The lowest BCUT2D eigenvalue weighted by atomic mass is 10.1. The fourth-order valence-electron chi connectivity index (χ4n) is 1.00. The first-order chi connectivity index (χ1) is 5.84. The van der Waals surface area contributed by atoms with Crippen LogP contribution in [-0.2, 0) is 11.2 Å². The van der Waals surface area contributed by atoms with Gasteiger partial charge in [-0.3, -0.25) is 4.98 Å². The van der Waals surface area contributed by atoms with Crippen molar-refractivity contribution in [1.29, 1.82) is 0 Å². The average molecular weight is 162 g/mol. The van der Waals surface area contributed by atoms with Gasteiger partial charge in [0.2, 0.25) is 6.08 Å². The molecule has 1 heterocycles. The van der Waals surface area contributed by atoms with Crippen molar-refractivity contribution in [2.45, 2.75) is 13.3 Å². The minimum atomic E-state index is 0.496. The molecule has 0 N–H and O–H groups in total. The van der Waals surface area contributed by atoms with Crippen LogP contribution in [0.4, 0.5) is 0 Å². The van der Waals surface area contributed by atoms with Crippen molar-refractivity contribution in [2.75, 3.05) is 6.54 Å². The molecule has 0 atom stereocenters. The average Bonchev–Trinajstić information content (AvgIpc) is 2.09. The Bertz CT molecular complexity index is 303. The fourth-order valence-corrected chi connectivity index (χ4v) is 1.00. The summed E-state index contributed by atoms with van der Waals surface area (Å²) in [6, 6.07) is 3.87. The maximum Gasteiger partial charge on any atom is 0.234 e. The second-order valence-corrected chi connectivity index (χ2v) is 2.47. The summed E-state index contributed by atoms with van der Waals surface area (Å²) < 4.78 is 0. The van der Waals surface area contributed by atoms with Crippen LogP contribution in [-0.4, -0.2) is 17.6 Å². The Hall–Kier alpha value is -1.47. The first-order valence-corrected chi connectivity index (χ1v) is 3.78. The summed E-state index contributed by atoms with van der Waals surface area (Å²) in [6.45, 7) is 2.44. The lowest BCUT2D eigenvalue weighted by Gasteiger charge is -1.99. The van der Waals surface area contributed by atoms with Crippen molar-refractivity contribution in [1.82, 2.24) is 4.98 Å². The zero-order chi connectivity index (χ0) is 8.81. The molecule has 0 bridgehead atoms. The molecule has 3 heteroatoms. The van der Waals surface area contributed by atoms with Crippen molar-refractivity contribution in [2.24, 2.45) is 4.99 Å². The molecule has 0 spiro atoms. The molecule has 62 valence electrons. The second-order valence-electron chi connectivity index (χ2n) is 2.47. The van der Waals surface area contributed by atoms with Gasteiger partial charge in [0.15, 0.2) is 0 Å². The number of aromatic nitrogens is 1. The molecular formula is C9H10N2O. The van der Waals surface area contributed by atoms with Gasteiger partial charge in [-0.25, -0.2) is 9.79 Å². The Balaban J connectivity index is 2.62. The van der Waals surface area contributed by atoms with Gasteiger partial charge in [-0.05, 0) is 25.0 Å². The Morgan fingerprint density at radius 2 is 2.50 bits per heavy atom. The lowest BCUT2D eigenvalue weighted by molar-refractivity contribution is 0.563. The van der Waals surface area contributed by atoms with E-state index in [1.807, 2.05) is 19.1 Å². The van der Waals surface area contributed by atoms with Crippen LogP contribution in [0.3, 0.4) is 0 Å². The number of aliphatic imine (C=N–C) groups is 1. The Labute approximate surface area is 71.2 Å². The van der Waals surface area contributed by atoms with Crippen molar-refractivity contribution in [3.05, 3.63) is 29.6 Å². The van der Waals surface area contributed by atoms with Crippen molar-refractivity contribution < 1.29 is 4.79 Å². The molecule has 1 rings (SSSR count). The molecule has 0 saturated carbocycles. The van der Waals surface area contributed by atoms with Gasteiger partial charge in [0.25, 0.3) is 0 Å². The molecule has 0 aliphatic carbocycles. The van der Waals surface area contributed by atoms with Crippen LogP contribution in [0.2, 0.25) is 0 Å². The zero-order valence-electron chi connectivity index (χ0n) is 6.95. The smallest absolute Gasteiger partial charge is 0.234 e. The summed E-state index contributed by atoms with van der Waals surface area (Å²) in [5.41, 5.74) is 2.13. The molecule has 0 saturated heterocycles. The first-order valence-electron chi connectivity index (χ1n) is 3.78. The van der Waals surface area contributed by atoms with Gasteiger partial charge in [0.1, 0.15) is 0 Å². The van der Waals surface area contributed by atoms with Gasteiger partial charge in [-0.2, -0.15) is 0 Å². The van der Waals surface area contributed by atoms with E-state index in [1.165, 1.54) is 6.08 Å². The Kier molecular flexibility index (Phi) is 3.17. The van der Waals surface area contributed by atoms with Crippen LogP contribution in [0, 0.1) is 6.92 Å². The Morgan fingerprint density at radius 3 is 3.17 bits per heavy atom. The molecule has 0 radical (unpaired) electrons. The van der Waals surface area contributed by atoms with E-state index in [-0.39, 0.29) is 0 Å². The summed E-state index contributed by atoms with van der Waals surface area (Å²) in [4.78, 5) is 17.4. The lowest BCUT2D eigenvalue weighted by Crippen LogP contribution is -1.94. The number of isocyanates is 1. The molecule has 3 nitrogen and oxygen atoms in total. The summed E-state index contributed by atoms with van der Waals surface area (Å²) in [5.74, 6) is 0. The van der Waals surface area contributed by atoms with E-state index < -0.39 is 0 Å². The number of nitrogens with zero attached hydrogens (tertiary/aromatic N) is 2. The van der Waals surface area contributed by atoms with E-state index in [4.69, 9.17) is 0 Å². The molecule has 0 amide bonds. The summed E-state index contributed by atoms with van der Waals surface area (Å²) >= 11 is 0. The van der Waals surface area contributed by atoms with Gasteiger partial charge in [-0.1, -0.05) is 6.07 Å². The fraction of sp³-hybridized carbons (Fsp3) is 0.333. The monoisotopic (exact) mass is 162 g/mol. The predicted octanol–water partition coefficient (Wildman–Crippen LogP) is 1.27. The third-order valence-electron chi connectivity index (χ3n) is 1.67. The third kappa shape index (κ3) is 2.29. The highest BCUT2D eigenvalue weighted by molar-refractivity contribution is 5.33. The number of carbonyl (C=O) groups excluding carboxylic acids is 1. The molecule has 0 aromatic carbocycles. The van der Waals surface area contributed by atoms with E-state index in [0.717, 1.165) is 17.7 Å². The normalized spacial score (nSPS) is 9.08. The van der Waals surface area contributed by atoms with Crippen LogP contribution >= 0.6 is 0 Å². The van der Waals surface area contributed by atoms with Gasteiger partial charge in [0.05, 0.1) is 6.54 Å². The second kappa shape index (κ2) is 4.42. The summed E-state index contributed by atoms with van der Waals surface area (Å²) in [7, 11) is 0. The molecular weight excluding hydrogens is 152 g/mol. The summed E-state index contributed by atoms with van der Waals surface area (Å²) in [6.07, 6.45) is 4.02. The van der Waals surface area contributed by atoms with E-state index in [2.05, 4.69) is 9.98 Å². The predicted molar refractivity (Wildman–Crippen MR) is 45.7 cm³/mol. The highest BCUT2D eigenvalue weighted by atomic mass is 16.1. The topological polar surface area (TPSA) is 42.3 Å². The number of aryl methyl sites for hydroxylation is 1. The van der Waals surface area contributed by atoms with Crippen molar-refractivity contribution in [3.8, 4) is 0 Å². The number of hydrogen-bond donors (Lipinski definition) is 0. The quantitative estimate of drug-likeness (QED) is 0.496. The van der Waals surface area contributed by atoms with Gasteiger partial charge < -0.3 is 0 Å². The standard InChI is InChI=1S/C9H10N2O/c1-8-9(3-2-5-11-8)4-6-10-7-12/h2-3,5H,4,6H2,1H3. The molecule has 0 aliphatic heterocycles. The van der Waals surface area contributed by atoms with Crippen LogP contribution in [0.15, 0.2) is 23.3 Å². The van der Waals surface area contributed by atoms with Crippen LogP contribution in [0.25, 0.3) is 0 Å². The largest absolute Gasteiger partial charge is 0.261 e. The van der Waals surface area contributed by atoms with Crippen molar-refractivity contribution in [3.63, 3.8) is 0 Å². The van der Waals surface area contributed by atoms with Gasteiger partial charge in [0, 0.05) is 11.9 Å². The maximum absolute atomic E-state index is 9.77. The highest BCUT2D eigenvalue weighted by Crippen LogP contribution is 2.03. The number of rotatable bonds is 3. The molecule has 0 aliphatic rings. The highest BCUT2D eigenvalue weighted by Gasteiger charge is 1.95. The van der Waals surface area contributed by atoms with Crippen LogP contribution in [0.1, 0.15) is 11.3 Å². The first kappa shape index (κ1) is 8.62. The third-order valence-corrected chi connectivity index (χ3v) is 1.67. The zero-order valence-corrected chi connectivity index (χ0v) is 6.95. The van der Waals surface area contributed by atoms with Gasteiger partial charge >= 0.3 is 0 Å². The number of hydrogen-bond acceptors (Lipinski definition) is 3. The van der Waals surface area contributed by atoms with E-state index in [0.29, 0.717) is 6.54 Å². The minimum Gasteiger partial charge on any atom is -0.261 e. The molecule has 12 heavy (non-hydrogen) atoms. The number of pyridine rings is 1. The minimum absolute atomic E-state index is 0.496. The molecule has 1 aromatic heterocycles. The van der Waals surface area contributed by atoms with Crippen LogP contribution < -0.4 is 0 Å². The van der Waals surface area contributed by atoms with E-state index in [1.54, 1.807) is 6.20 Å². The Morgan fingerprint density at radius 1 is 1.67 bits per heavy atom. The van der Waals surface area contributed by atoms with Crippen LogP contribution in [0.5, 0.6) is 0 Å². The van der Waals surface area contributed by atoms with E-state index >= 15 is 0 Å². The van der Waals surface area contributed by atoms with Gasteiger partial charge in [-0.15, -0.1) is 0 Å². The van der Waals surface area contributed by atoms with Crippen molar-refractivity contribution >= 4 is 6.08 Å². The molecule has 0 unspecified atom stereocenters. The summed E-state index contributed by atoms with van der Waals surface area (Å²) in [5, 5.41) is 0. The molecule has 1 aromatic rings. The maximum atomic E-state index is 9.77. The SMILES string of the molecule is Cc1ncccc1CCN=C=O.